The molecule has 0 radical (unpaired) electrons. The minimum absolute atomic E-state index is 0. The van der Waals surface area contributed by atoms with Gasteiger partial charge in [-0.3, -0.25) is 4.79 Å². The van der Waals surface area contributed by atoms with Crippen LogP contribution >= 0.6 is 8.58 Å². The summed E-state index contributed by atoms with van der Waals surface area (Å²) in [4.78, 5) is 13.2. The number of benzene rings is 2. The molecule has 3 atom stereocenters. The third kappa shape index (κ3) is 11.8. The molecule has 0 aliphatic carbocycles. The van der Waals surface area contributed by atoms with Gasteiger partial charge in [0, 0.05) is 16.9 Å². The van der Waals surface area contributed by atoms with Gasteiger partial charge in [-0.05, 0) is 57.5 Å². The molecule has 42 heavy (non-hydrogen) atoms. The Hall–Kier alpha value is -1.68. The summed E-state index contributed by atoms with van der Waals surface area (Å²) in [5.41, 5.74) is -5.83. The minimum atomic E-state index is -5.13. The molecule has 0 saturated carbocycles. The SMILES string of the molecule is CCCCC(CC)COc1ccc(PC(=O)c2c(C(F)(F)F)cccc2C(F)(F)F)c(OCC(CC)CCCC)c1.[H-].[Li+]. The summed E-state index contributed by atoms with van der Waals surface area (Å²) in [7, 11) is -1.02. The van der Waals surface area contributed by atoms with Gasteiger partial charge >= 0.3 is 31.2 Å². The van der Waals surface area contributed by atoms with Gasteiger partial charge in [0.1, 0.15) is 11.5 Å². The summed E-state index contributed by atoms with van der Waals surface area (Å²) in [6.45, 7) is 9.10. The summed E-state index contributed by atoms with van der Waals surface area (Å²) >= 11 is 0. The molecule has 3 nitrogen and oxygen atoms in total. The minimum Gasteiger partial charge on any atom is -1.00 e. The second-order valence-corrected chi connectivity index (χ2v) is 11.5. The van der Waals surface area contributed by atoms with Crippen LogP contribution in [0.5, 0.6) is 11.5 Å². The molecule has 0 amide bonds. The maximum atomic E-state index is 13.7. The van der Waals surface area contributed by atoms with Gasteiger partial charge in [0.15, 0.2) is 5.52 Å². The number of rotatable bonds is 17. The predicted octanol–water partition coefficient (Wildman–Crippen LogP) is 7.18. The zero-order chi connectivity index (χ0) is 30.6. The van der Waals surface area contributed by atoms with Crippen molar-refractivity contribution in [3.05, 3.63) is 53.1 Å². The van der Waals surface area contributed by atoms with E-state index < -0.39 is 43.1 Å². The number of hydrogen-bond acceptors (Lipinski definition) is 3. The van der Waals surface area contributed by atoms with Crippen molar-refractivity contribution >= 4 is 19.4 Å². The molecule has 0 aliphatic heterocycles. The van der Waals surface area contributed by atoms with E-state index in [0.29, 0.717) is 43.1 Å². The van der Waals surface area contributed by atoms with Crippen LogP contribution in [0.2, 0.25) is 0 Å². The number of halogens is 6. The monoisotopic (exact) mass is 614 g/mol. The van der Waals surface area contributed by atoms with Crippen LogP contribution in [-0.4, -0.2) is 18.7 Å². The van der Waals surface area contributed by atoms with Gasteiger partial charge in [0.05, 0.1) is 24.3 Å². The van der Waals surface area contributed by atoms with Gasteiger partial charge in [-0.15, -0.1) is 0 Å². The van der Waals surface area contributed by atoms with E-state index in [1.54, 1.807) is 12.1 Å². The predicted molar refractivity (Wildman–Crippen MR) is 154 cm³/mol. The van der Waals surface area contributed by atoms with E-state index in [4.69, 9.17) is 9.47 Å². The zero-order valence-corrected chi connectivity index (χ0v) is 26.2. The van der Waals surface area contributed by atoms with Crippen molar-refractivity contribution < 1.29 is 60.9 Å². The van der Waals surface area contributed by atoms with Gasteiger partial charge in [0.25, 0.3) is 0 Å². The zero-order valence-electron chi connectivity index (χ0n) is 26.2. The number of hydrogen-bond donors (Lipinski definition) is 0. The normalized spacial score (nSPS) is 13.6. The van der Waals surface area contributed by atoms with Crippen molar-refractivity contribution in [1.29, 1.82) is 0 Å². The quantitative estimate of drug-likeness (QED) is 0.108. The molecule has 0 fully saturated rings. The van der Waals surface area contributed by atoms with E-state index in [1.807, 2.05) is 6.92 Å². The molecule has 0 aliphatic rings. The average molecular weight is 615 g/mol. The molecular weight excluding hydrogens is 572 g/mol. The molecule has 11 heteroatoms. The molecule has 0 bridgehead atoms. The number of carbonyl (C=O) groups excluding carboxylic acids is 1. The smallest absolute Gasteiger partial charge is 1.00 e. The molecule has 3 unspecified atom stereocenters. The molecule has 0 spiro atoms. The maximum absolute atomic E-state index is 13.7. The van der Waals surface area contributed by atoms with Crippen molar-refractivity contribution in [3.63, 3.8) is 0 Å². The number of ether oxygens (including phenoxy) is 2. The van der Waals surface area contributed by atoms with Gasteiger partial charge in [-0.2, -0.15) is 26.3 Å². The van der Waals surface area contributed by atoms with Crippen molar-refractivity contribution in [3.8, 4) is 11.5 Å². The largest absolute Gasteiger partial charge is 1.00 e. The standard InChI is InChI=1S/C31H41F6O3P.Li.H/c1-5-9-12-21(7-3)19-39-23-16-17-27(26(18-23)40-20-22(8-4)13-10-6-2)41-29(38)28-24(30(32,33)34)14-11-15-25(28)31(35,36)37;;/h11,14-18,21-22,41H,5-10,12-13,19-20H2,1-4H3;;/q;+1;-1. The Morgan fingerprint density at radius 1 is 0.810 bits per heavy atom. The van der Waals surface area contributed by atoms with Crippen LogP contribution in [0, 0.1) is 11.8 Å². The molecule has 2 aromatic carbocycles. The summed E-state index contributed by atoms with van der Waals surface area (Å²) in [5.74, 6) is 1.28. The van der Waals surface area contributed by atoms with Crippen molar-refractivity contribution in [2.45, 2.75) is 91.4 Å². The molecular formula is C31H42F6LiO3P. The fourth-order valence-corrected chi connectivity index (χ4v) is 5.56. The first-order valence-electron chi connectivity index (χ1n) is 14.3. The van der Waals surface area contributed by atoms with Gasteiger partial charge in [0.2, 0.25) is 0 Å². The van der Waals surface area contributed by atoms with Crippen LogP contribution in [0.1, 0.15) is 102 Å². The van der Waals surface area contributed by atoms with Gasteiger partial charge in [-0.25, -0.2) is 0 Å². The average Bonchev–Trinajstić information content (AvgIpc) is 2.92. The molecule has 2 aromatic rings. The van der Waals surface area contributed by atoms with Crippen molar-refractivity contribution in [2.75, 3.05) is 13.2 Å². The Labute approximate surface area is 261 Å². The van der Waals surface area contributed by atoms with Crippen LogP contribution in [0.25, 0.3) is 0 Å². The first kappa shape index (κ1) is 38.3. The first-order chi connectivity index (χ1) is 19.3. The Balaban J connectivity index is 0.00000882. The van der Waals surface area contributed by atoms with Crippen LogP contribution in [0.15, 0.2) is 36.4 Å². The van der Waals surface area contributed by atoms with E-state index in [-0.39, 0.29) is 37.3 Å². The van der Waals surface area contributed by atoms with E-state index >= 15 is 0 Å². The van der Waals surface area contributed by atoms with E-state index in [2.05, 4.69) is 20.8 Å². The second-order valence-electron chi connectivity index (χ2n) is 10.3. The summed E-state index contributed by atoms with van der Waals surface area (Å²) in [5, 5.41) is 0.232. The number of unbranched alkanes of at least 4 members (excludes halogenated alkanes) is 2. The summed E-state index contributed by atoms with van der Waals surface area (Å²) in [6.07, 6.45) is -2.38. The molecule has 232 valence electrons. The van der Waals surface area contributed by atoms with Crippen LogP contribution in [0.3, 0.4) is 0 Å². The Morgan fingerprint density at radius 2 is 1.31 bits per heavy atom. The Morgan fingerprint density at radius 3 is 1.76 bits per heavy atom. The first-order valence-corrected chi connectivity index (χ1v) is 15.3. The van der Waals surface area contributed by atoms with E-state index in [1.165, 1.54) is 6.07 Å². The number of alkyl halides is 6. The van der Waals surface area contributed by atoms with E-state index in [0.717, 1.165) is 51.4 Å². The molecule has 0 heterocycles. The fourth-order valence-electron chi connectivity index (χ4n) is 4.49. The van der Waals surface area contributed by atoms with Crippen LogP contribution in [-0.2, 0) is 12.4 Å². The van der Waals surface area contributed by atoms with E-state index in [9.17, 15) is 31.1 Å². The Kier molecular flexibility index (Phi) is 16.6. The van der Waals surface area contributed by atoms with Crippen LogP contribution < -0.4 is 33.6 Å². The fraction of sp³-hybridized carbons (Fsp3) is 0.581. The van der Waals surface area contributed by atoms with Crippen molar-refractivity contribution in [2.24, 2.45) is 11.8 Å². The Bertz CT molecular complexity index is 1080. The number of carbonyl (C=O) groups is 1. The third-order valence-electron chi connectivity index (χ3n) is 7.15. The van der Waals surface area contributed by atoms with Gasteiger partial charge in [-0.1, -0.05) is 72.3 Å². The molecule has 0 saturated heterocycles. The van der Waals surface area contributed by atoms with Crippen molar-refractivity contribution in [1.82, 2.24) is 0 Å². The summed E-state index contributed by atoms with van der Waals surface area (Å²) < 4.78 is 94.3. The van der Waals surface area contributed by atoms with Crippen LogP contribution in [0.4, 0.5) is 26.3 Å². The second kappa shape index (κ2) is 18.2. The van der Waals surface area contributed by atoms with Gasteiger partial charge < -0.3 is 10.9 Å². The topological polar surface area (TPSA) is 35.5 Å². The summed E-state index contributed by atoms with van der Waals surface area (Å²) in [6, 6.07) is 6.36. The molecule has 2 rings (SSSR count). The maximum Gasteiger partial charge on any atom is 1.00 e. The molecule has 0 N–H and O–H groups in total. The third-order valence-corrected chi connectivity index (χ3v) is 8.31. The molecule has 0 aromatic heterocycles.